The summed E-state index contributed by atoms with van der Waals surface area (Å²) in [5.41, 5.74) is 12.8. The van der Waals surface area contributed by atoms with Crippen molar-refractivity contribution in [3.05, 3.63) is 364 Å². The molecule has 0 saturated heterocycles. The summed E-state index contributed by atoms with van der Waals surface area (Å²) in [6.07, 6.45) is 0.882. The number of amides is 3. The number of nitrogens with one attached hydrogen (secondary N) is 3. The summed E-state index contributed by atoms with van der Waals surface area (Å²) < 4.78 is 24.7. The molecule has 17 rings (SSSR count). The lowest BCUT2D eigenvalue weighted by Gasteiger charge is -2.06. The fourth-order valence-electron chi connectivity index (χ4n) is 13.4. The summed E-state index contributed by atoms with van der Waals surface area (Å²) in [4.78, 5) is 128. The molecule has 3 amide bonds. The maximum atomic E-state index is 12.8. The molecule has 36 heteroatoms. The smallest absolute Gasteiger partial charge is 0.339 e. The van der Waals surface area contributed by atoms with Gasteiger partial charge in [-0.15, -0.1) is 113 Å². The Balaban J connectivity index is 0.000000143. The van der Waals surface area contributed by atoms with Crippen molar-refractivity contribution in [1.82, 2.24) is 0 Å². The van der Waals surface area contributed by atoms with Crippen LogP contribution in [0.15, 0.2) is 265 Å². The van der Waals surface area contributed by atoms with Crippen molar-refractivity contribution < 1.29 is 81.9 Å². The van der Waals surface area contributed by atoms with E-state index in [0.717, 1.165) is 98.1 Å². The average molecular weight is 2150 g/mol. The molecule has 0 fully saturated rings. The first-order chi connectivity index (χ1) is 64.5. The number of aryl methyl sites for hydroxylation is 4. The minimum Gasteiger partial charge on any atom is -0.478 e. The number of hydrogen-bond acceptors (Lipinski definition) is 22. The Morgan fingerprint density at radius 2 is 0.733 bits per heavy atom. The van der Waals surface area contributed by atoms with E-state index in [-0.39, 0.29) is 73.1 Å². The van der Waals surface area contributed by atoms with Gasteiger partial charge in [-0.3, -0.25) is 24.0 Å². The van der Waals surface area contributed by atoms with Gasteiger partial charge in [-0.05, 0) is 161 Å². The minimum atomic E-state index is -3.55. The zero-order chi connectivity index (χ0) is 96.8. The van der Waals surface area contributed by atoms with Gasteiger partial charge in [-0.1, -0.05) is 219 Å². The average Bonchev–Trinajstić information content (AvgIpc) is 1.86. The first kappa shape index (κ1) is 101. The second-order valence-electron chi connectivity index (χ2n) is 29.3. The topological polar surface area (TPSA) is 342 Å². The highest BCUT2D eigenvalue weighted by Crippen LogP contribution is 2.44. The molecule has 0 aliphatic heterocycles. The zero-order valence-corrected chi connectivity index (χ0v) is 84.3. The molecular weight excluding hydrogens is 2080 g/mol. The van der Waals surface area contributed by atoms with Crippen LogP contribution in [0, 0.1) is 27.7 Å². The van der Waals surface area contributed by atoms with Crippen LogP contribution in [0.2, 0.25) is 19.4 Å². The molecule has 0 bridgehead atoms. The number of aromatic carboxylic acids is 5. The van der Waals surface area contributed by atoms with E-state index in [1.54, 1.807) is 87.6 Å². The summed E-state index contributed by atoms with van der Waals surface area (Å²) in [5.74, 6) is -6.90. The molecule has 0 atom stereocenters. The number of carbonyl (C=O) groups is 10. The van der Waals surface area contributed by atoms with Crippen LogP contribution in [0.4, 0.5) is 15.0 Å². The fraction of sp³-hybridized carbons (Fsp3) is 0.0707. The Morgan fingerprint density at radius 1 is 0.363 bits per heavy atom. The molecule has 8 N–H and O–H groups in total. The van der Waals surface area contributed by atoms with Gasteiger partial charge in [0.15, 0.2) is 21.4 Å². The number of anilines is 3. The molecule has 10 aromatic heterocycles. The van der Waals surface area contributed by atoms with E-state index in [0.29, 0.717) is 92.7 Å². The van der Waals surface area contributed by atoms with E-state index >= 15 is 0 Å². The number of rotatable bonds is 25. The third-order valence-electron chi connectivity index (χ3n) is 20.0. The van der Waals surface area contributed by atoms with Gasteiger partial charge in [-0.25, -0.2) is 32.4 Å². The SMILES string of the molecule is CS(=O)(=O)c1csc(C(=O)Cc2scc(-c3ccc(Cl)cc3)c2C(=O)O)c1Cl.Cc1ccc(-c2csc(NC(=O)c3cc(C)sc3Cl)c2C(=O)O)cc1.Cc1ccc(-c2csc(NC(=O)c3sccc3C)c2C(=O)O)cc1.O=C(Cc1scc(-c2ccc(Cl)cc2)c1C(=O)O)c1ccc(-c2ccccc2)s1.O=C(Nc1scc(-c2ccc(Br)cc2)c1C(=O)O)c1ccc(-c2ccccc2)s1. The number of sulfone groups is 1. The molecular formula is C99H70BrCl4N3O17S11. The zero-order valence-electron chi connectivity index (χ0n) is 70.8. The van der Waals surface area contributed by atoms with Crippen molar-refractivity contribution in [2.75, 3.05) is 22.2 Å². The summed E-state index contributed by atoms with van der Waals surface area (Å²) >= 11 is 39.8. The number of Topliss-reactive ketones (excluding diaryl/α,β-unsaturated/α-hetero) is 2. The molecule has 684 valence electrons. The summed E-state index contributed by atoms with van der Waals surface area (Å²) in [7, 11) is -3.55. The lowest BCUT2D eigenvalue weighted by Crippen LogP contribution is -2.13. The van der Waals surface area contributed by atoms with E-state index in [2.05, 4.69) is 31.9 Å². The molecule has 0 unspecified atom stereocenters. The van der Waals surface area contributed by atoms with Gasteiger partial charge in [0.05, 0.1) is 46.1 Å². The van der Waals surface area contributed by atoms with Crippen molar-refractivity contribution in [2.45, 2.75) is 45.4 Å². The third-order valence-corrected chi connectivity index (χ3v) is 33.2. The highest BCUT2D eigenvalue weighted by Gasteiger charge is 2.31. The fourth-order valence-corrected chi connectivity index (χ4v) is 25.6. The highest BCUT2D eigenvalue weighted by atomic mass is 79.9. The Labute approximate surface area is 841 Å². The standard InChI is InChI=1S/C23H15ClO3S2.C22H14BrNO3S2.C18H12Cl2O5S3.C18H14ClNO3S2.C18H15NO3S2/c24-16-8-6-14(7-9-16)17-13-28-21(22(17)23(26)27)12-18(25)20-11-10-19(29-20)15-4-2-1-3-5-15;23-15-8-6-13(7-9-15)16-12-28-21(19(16)22(26)27)24-20(25)18-11-10-17(29-18)14-4-2-1-3-5-14;1-28(24,25)14-8-27-17(16(14)20)12(21)6-13-15(18(22)23)11(7-26-13)9-2-4-10(19)5-3-9;1-9-3-5-11(6-4-9)13-8-24-17(14(13)18(22)23)20-16(21)12-7-10(2)25-15(12)19;1-10-3-5-12(6-4-10)13-9-24-17(14(13)18(21)22)19-16(20)15-11(2)7-8-23-15/h1-11,13H,12H2,(H,26,27);1-12H,(H,24,25)(H,26,27);2-5,7-8H,6H2,1H3,(H,22,23);3-8H,1-2H3,(H,20,21)(H,22,23);3-9H,1-2H3,(H,19,20)(H,21,22). The number of hydrogen-bond donors (Lipinski definition) is 8. The number of carbonyl (C=O) groups excluding carboxylic acids is 5. The van der Waals surface area contributed by atoms with Crippen LogP contribution in [0.3, 0.4) is 0 Å². The van der Waals surface area contributed by atoms with Gasteiger partial charge in [0.1, 0.15) is 36.0 Å². The van der Waals surface area contributed by atoms with Crippen molar-refractivity contribution in [2.24, 2.45) is 0 Å². The predicted molar refractivity (Wildman–Crippen MR) is 556 cm³/mol. The molecule has 0 radical (unpaired) electrons. The lowest BCUT2D eigenvalue weighted by molar-refractivity contribution is 0.0686. The summed E-state index contributed by atoms with van der Waals surface area (Å²) in [5, 5.41) is 70.5. The third kappa shape index (κ3) is 24.9. The van der Waals surface area contributed by atoms with Gasteiger partial charge in [-0.2, -0.15) is 0 Å². The van der Waals surface area contributed by atoms with Gasteiger partial charge < -0.3 is 41.5 Å². The van der Waals surface area contributed by atoms with Crippen LogP contribution in [0.1, 0.15) is 132 Å². The molecule has 135 heavy (non-hydrogen) atoms. The summed E-state index contributed by atoms with van der Waals surface area (Å²) in [6.45, 7) is 7.66. The predicted octanol–water partition coefficient (Wildman–Crippen LogP) is 29.8. The molecule has 17 aromatic rings. The maximum Gasteiger partial charge on any atom is 0.339 e. The second kappa shape index (κ2) is 45.3. The Bertz CT molecular complexity index is 7240. The summed E-state index contributed by atoms with van der Waals surface area (Å²) in [6, 6.07) is 67.0. The molecule has 7 aromatic carbocycles. The van der Waals surface area contributed by atoms with Gasteiger partial charge in [0.2, 0.25) is 0 Å². The van der Waals surface area contributed by atoms with E-state index < -0.39 is 51.4 Å². The van der Waals surface area contributed by atoms with Crippen molar-refractivity contribution in [3.8, 4) is 76.5 Å². The van der Waals surface area contributed by atoms with Crippen LogP contribution < -0.4 is 16.0 Å². The molecule has 0 aliphatic rings. The van der Waals surface area contributed by atoms with Gasteiger partial charge in [0.25, 0.3) is 17.7 Å². The van der Waals surface area contributed by atoms with Crippen molar-refractivity contribution >= 4 is 260 Å². The normalized spacial score (nSPS) is 10.9. The van der Waals surface area contributed by atoms with Gasteiger partial charge >= 0.3 is 29.8 Å². The van der Waals surface area contributed by atoms with E-state index in [1.807, 2.05) is 191 Å². The van der Waals surface area contributed by atoms with Crippen LogP contribution in [-0.4, -0.2) is 99.3 Å². The van der Waals surface area contributed by atoms with Crippen LogP contribution in [0.5, 0.6) is 0 Å². The monoisotopic (exact) mass is 2140 g/mol. The highest BCUT2D eigenvalue weighted by molar-refractivity contribution is 9.10. The largest absolute Gasteiger partial charge is 0.478 e. The van der Waals surface area contributed by atoms with Crippen LogP contribution in [0.25, 0.3) is 76.5 Å². The molecule has 0 aliphatic carbocycles. The van der Waals surface area contributed by atoms with Crippen molar-refractivity contribution in [3.63, 3.8) is 0 Å². The van der Waals surface area contributed by atoms with Gasteiger partial charge in [0, 0.05) is 107 Å². The number of carboxylic acid groups (broad SMARTS) is 5. The minimum absolute atomic E-state index is 0.0386. The lowest BCUT2D eigenvalue weighted by atomic mass is 10.0. The second-order valence-corrected chi connectivity index (χ2v) is 43.9. The van der Waals surface area contributed by atoms with Crippen LogP contribution in [-0.2, 0) is 22.7 Å². The van der Waals surface area contributed by atoms with E-state index in [1.165, 1.54) is 96.1 Å². The van der Waals surface area contributed by atoms with E-state index in [4.69, 9.17) is 46.4 Å². The Kier molecular flexibility index (Phi) is 33.8. The van der Waals surface area contributed by atoms with Crippen molar-refractivity contribution in [1.29, 1.82) is 0 Å². The maximum absolute atomic E-state index is 12.8. The number of thiophene rings is 10. The number of ketones is 2. The number of benzene rings is 7. The number of halogens is 5. The Hall–Kier alpha value is -11.8. The molecule has 10 heterocycles. The first-order valence-corrected chi connectivity index (χ1v) is 52.5. The number of carboxylic acids is 5. The molecule has 0 spiro atoms. The van der Waals surface area contributed by atoms with Crippen LogP contribution >= 0.6 is 176 Å². The first-order valence-electron chi connectivity index (χ1n) is 39.7. The Morgan fingerprint density at radius 3 is 1.12 bits per heavy atom. The quantitative estimate of drug-likeness (QED) is 0.0246. The van der Waals surface area contributed by atoms with E-state index in [9.17, 15) is 81.9 Å². The molecule has 20 nitrogen and oxygen atoms in total. The molecule has 0 saturated carbocycles.